The van der Waals surface area contributed by atoms with Crippen LogP contribution in [0.2, 0.25) is 9.73 Å². The number of hydrogen-bond donors (Lipinski definition) is 0. The van der Waals surface area contributed by atoms with Crippen LogP contribution in [0.1, 0.15) is 12.5 Å². The first-order chi connectivity index (χ1) is 6.63. The van der Waals surface area contributed by atoms with E-state index in [-0.39, 0.29) is 0 Å². The van der Waals surface area contributed by atoms with E-state index in [1.54, 1.807) is 24.0 Å². The van der Waals surface area contributed by atoms with Gasteiger partial charge in [-0.1, -0.05) is 0 Å². The minimum atomic E-state index is 0.316. The third kappa shape index (κ3) is 3.65. The van der Waals surface area contributed by atoms with Crippen molar-refractivity contribution in [3.8, 4) is 0 Å². The van der Waals surface area contributed by atoms with Crippen LogP contribution in [0.15, 0.2) is 24.3 Å². The van der Waals surface area contributed by atoms with E-state index in [4.69, 9.17) is 16.3 Å². The quantitative estimate of drug-likeness (QED) is 0.766. The van der Waals surface area contributed by atoms with Crippen LogP contribution in [-0.2, 0) is 11.2 Å². The molecular formula is C11H16AsClO. The summed E-state index contributed by atoms with van der Waals surface area (Å²) in [6.07, 6.45) is 1.28. The summed E-state index contributed by atoms with van der Waals surface area (Å²) in [5.41, 5.74) is 1.28. The van der Waals surface area contributed by atoms with Crippen LogP contribution in [0.4, 0.5) is 0 Å². The monoisotopic (exact) mass is 274 g/mol. The van der Waals surface area contributed by atoms with Crippen LogP contribution < -0.4 is 0 Å². The summed E-state index contributed by atoms with van der Waals surface area (Å²) < 4.78 is 6.03. The van der Waals surface area contributed by atoms with Crippen molar-refractivity contribution in [1.82, 2.24) is 0 Å². The van der Waals surface area contributed by atoms with Crippen molar-refractivity contribution in [1.29, 1.82) is 0 Å². The van der Waals surface area contributed by atoms with E-state index in [0.29, 0.717) is 10.8 Å². The van der Waals surface area contributed by atoms with Crippen LogP contribution in [0.5, 0.6) is 0 Å². The van der Waals surface area contributed by atoms with Crippen LogP contribution in [0.3, 0.4) is 0 Å². The van der Waals surface area contributed by atoms with Crippen molar-refractivity contribution in [2.24, 2.45) is 0 Å². The summed E-state index contributed by atoms with van der Waals surface area (Å²) in [6.45, 7) is 2.20. The zero-order chi connectivity index (χ0) is 10.6. The van der Waals surface area contributed by atoms with Gasteiger partial charge in [-0.05, 0) is 0 Å². The van der Waals surface area contributed by atoms with Gasteiger partial charge >= 0.3 is 99.3 Å². The second-order valence-electron chi connectivity index (χ2n) is 3.46. The van der Waals surface area contributed by atoms with Crippen molar-refractivity contribution >= 4 is 28.5 Å². The Morgan fingerprint density at radius 3 is 2.36 bits per heavy atom. The van der Waals surface area contributed by atoms with Crippen molar-refractivity contribution in [3.05, 3.63) is 34.9 Å². The van der Waals surface area contributed by atoms with Gasteiger partial charge in [-0.25, -0.2) is 0 Å². The Morgan fingerprint density at radius 2 is 1.93 bits per heavy atom. The van der Waals surface area contributed by atoms with E-state index in [1.807, 2.05) is 12.1 Å². The average Bonchev–Trinajstić information content (AvgIpc) is 2.16. The van der Waals surface area contributed by atoms with E-state index in [9.17, 15) is 0 Å². The predicted octanol–water partition coefficient (Wildman–Crippen LogP) is 2.34. The second-order valence-corrected chi connectivity index (χ2v) is 6.11. The molecule has 0 N–H and O–H groups in total. The molecule has 0 amide bonds. The van der Waals surface area contributed by atoms with Gasteiger partial charge in [-0.2, -0.15) is 0 Å². The maximum atomic E-state index is 5.82. The normalized spacial score (nSPS) is 15.1. The average molecular weight is 275 g/mol. The van der Waals surface area contributed by atoms with Gasteiger partial charge in [0.1, 0.15) is 0 Å². The van der Waals surface area contributed by atoms with Gasteiger partial charge in [0.15, 0.2) is 0 Å². The number of ether oxygens (including phenoxy) is 1. The minimum absolute atomic E-state index is 0.316. The molecule has 0 heterocycles. The van der Waals surface area contributed by atoms with Crippen LogP contribution >= 0.6 is 11.6 Å². The van der Waals surface area contributed by atoms with Gasteiger partial charge < -0.3 is 0 Å². The van der Waals surface area contributed by atoms with E-state index in [1.165, 1.54) is 5.56 Å². The molecule has 3 atom stereocenters. The molecule has 0 aliphatic heterocycles. The SMILES string of the molecule is COC(Cc1ccc(Cl)cc1)C(C)[AsH2]. The molecule has 0 bridgehead atoms. The summed E-state index contributed by atoms with van der Waals surface area (Å²) in [5.74, 6) is 0. The van der Waals surface area contributed by atoms with E-state index in [2.05, 4.69) is 19.1 Å². The Hall–Kier alpha value is 0.0284. The summed E-state index contributed by atoms with van der Waals surface area (Å²) in [5, 5.41) is 0.788. The summed E-state index contributed by atoms with van der Waals surface area (Å²) in [4.78, 5) is 0. The Morgan fingerprint density at radius 1 is 1.36 bits per heavy atom. The molecule has 0 saturated carbocycles. The molecule has 0 spiro atoms. The molecule has 1 rings (SSSR count). The second kappa shape index (κ2) is 5.80. The molecule has 0 radical (unpaired) electrons. The molecule has 0 aromatic heterocycles. The first-order valence-corrected chi connectivity index (χ1v) is 6.44. The number of rotatable bonds is 4. The maximum absolute atomic E-state index is 5.82. The van der Waals surface area contributed by atoms with Gasteiger partial charge in [0.05, 0.1) is 0 Å². The van der Waals surface area contributed by atoms with Crippen molar-refractivity contribution < 1.29 is 4.74 Å². The third-order valence-corrected chi connectivity index (χ3v) is 3.39. The molecule has 0 aliphatic rings. The van der Waals surface area contributed by atoms with Gasteiger partial charge in [0.2, 0.25) is 0 Å². The van der Waals surface area contributed by atoms with E-state index in [0.717, 1.165) is 11.4 Å². The number of methoxy groups -OCH3 is 1. The van der Waals surface area contributed by atoms with Crippen LogP contribution in [0.25, 0.3) is 0 Å². The Balaban J connectivity index is 2.63. The van der Waals surface area contributed by atoms with E-state index < -0.39 is 0 Å². The third-order valence-electron chi connectivity index (χ3n) is 2.24. The zero-order valence-electron chi connectivity index (χ0n) is 8.53. The predicted molar refractivity (Wildman–Crippen MR) is 63.9 cm³/mol. The van der Waals surface area contributed by atoms with Crippen LogP contribution in [-0.4, -0.2) is 30.1 Å². The van der Waals surface area contributed by atoms with E-state index >= 15 is 0 Å². The molecule has 14 heavy (non-hydrogen) atoms. The topological polar surface area (TPSA) is 9.23 Å². The van der Waals surface area contributed by atoms with Gasteiger partial charge in [0.25, 0.3) is 0 Å². The number of benzene rings is 1. The molecule has 0 saturated heterocycles. The first-order valence-electron chi connectivity index (χ1n) is 4.66. The standard InChI is InChI=1S/C11H16AsClO/c1-8(12)11(14-2)7-9-3-5-10(13)6-4-9/h3-6,8,11H,7,12H2,1-2H3. The molecular weight excluding hydrogens is 258 g/mol. The Kier molecular flexibility index (Phi) is 5.01. The van der Waals surface area contributed by atoms with Crippen LogP contribution in [0, 0.1) is 0 Å². The first kappa shape index (κ1) is 12.1. The molecule has 0 aliphatic carbocycles. The van der Waals surface area contributed by atoms with Gasteiger partial charge in [-0.15, -0.1) is 0 Å². The molecule has 78 valence electrons. The van der Waals surface area contributed by atoms with Crippen molar-refractivity contribution in [2.75, 3.05) is 7.11 Å². The fraction of sp³-hybridized carbons (Fsp3) is 0.455. The van der Waals surface area contributed by atoms with Crippen molar-refractivity contribution in [3.63, 3.8) is 0 Å². The van der Waals surface area contributed by atoms with Gasteiger partial charge in [0, 0.05) is 0 Å². The summed E-state index contributed by atoms with van der Waals surface area (Å²) >= 11 is 7.54. The zero-order valence-corrected chi connectivity index (χ0v) is 11.7. The molecule has 1 aromatic carbocycles. The fourth-order valence-corrected chi connectivity index (χ4v) is 2.08. The summed E-state index contributed by atoms with van der Waals surface area (Å²) in [7, 11) is 1.77. The summed E-state index contributed by atoms with van der Waals surface area (Å²) in [6, 6.07) is 7.97. The number of hydrogen-bond acceptors (Lipinski definition) is 1. The molecule has 0 fully saturated rings. The Labute approximate surface area is 99.3 Å². The molecule has 3 unspecified atom stereocenters. The number of halogens is 1. The van der Waals surface area contributed by atoms with Gasteiger partial charge in [-0.3, -0.25) is 0 Å². The molecule has 3 heteroatoms. The Bertz CT molecular complexity index is 271. The molecule has 1 aromatic rings. The molecule has 1 nitrogen and oxygen atoms in total. The fourth-order valence-electron chi connectivity index (χ4n) is 1.34. The van der Waals surface area contributed by atoms with Crippen molar-refractivity contribution in [2.45, 2.75) is 24.2 Å².